The molecule has 3 amide bonds. The molecule has 1 atom stereocenters. The molecule has 0 bridgehead atoms. The Labute approximate surface area is 173 Å². The summed E-state index contributed by atoms with van der Waals surface area (Å²) in [4.78, 5) is 38.6. The average Bonchev–Trinajstić information content (AvgIpc) is 2.98. The van der Waals surface area contributed by atoms with Crippen molar-refractivity contribution in [2.75, 3.05) is 13.1 Å². The van der Waals surface area contributed by atoms with Crippen molar-refractivity contribution in [2.24, 2.45) is 0 Å². The summed E-state index contributed by atoms with van der Waals surface area (Å²) < 4.78 is 13.0. The number of rotatable bonds is 7. The first kappa shape index (κ1) is 20.8. The van der Waals surface area contributed by atoms with Crippen LogP contribution in [0.3, 0.4) is 0 Å². The van der Waals surface area contributed by atoms with Gasteiger partial charge < -0.3 is 5.32 Å². The number of nitrogens with zero attached hydrogens (tertiary/aromatic N) is 1. The molecule has 1 heterocycles. The van der Waals surface area contributed by atoms with Gasteiger partial charge in [0.2, 0.25) is 5.91 Å². The van der Waals surface area contributed by atoms with Crippen molar-refractivity contribution in [2.45, 2.75) is 19.3 Å². The summed E-state index contributed by atoms with van der Waals surface area (Å²) in [6.07, 6.45) is 2.21. The van der Waals surface area contributed by atoms with Crippen molar-refractivity contribution in [1.82, 2.24) is 10.2 Å². The highest BCUT2D eigenvalue weighted by atomic mass is 32.2. The van der Waals surface area contributed by atoms with Gasteiger partial charge in [0.1, 0.15) is 5.82 Å². The lowest BCUT2D eigenvalue weighted by Crippen LogP contribution is -2.38. The molecule has 7 heteroatoms. The van der Waals surface area contributed by atoms with Crippen LogP contribution in [0.1, 0.15) is 30.4 Å². The molecule has 1 aliphatic rings. The molecule has 0 saturated carbocycles. The Hall–Kier alpha value is -2.93. The van der Waals surface area contributed by atoms with Gasteiger partial charge >= 0.3 is 0 Å². The topological polar surface area (TPSA) is 66.5 Å². The van der Waals surface area contributed by atoms with Crippen LogP contribution in [0.25, 0.3) is 6.08 Å². The van der Waals surface area contributed by atoms with Crippen LogP contribution in [0.2, 0.25) is 0 Å². The first-order chi connectivity index (χ1) is 14.0. The predicted molar refractivity (Wildman–Crippen MR) is 112 cm³/mol. The van der Waals surface area contributed by atoms with Crippen LogP contribution in [0.5, 0.6) is 0 Å². The minimum absolute atomic E-state index is 0.0996. The minimum atomic E-state index is -0.409. The summed E-state index contributed by atoms with van der Waals surface area (Å²) in [5.41, 5.74) is 1.57. The van der Waals surface area contributed by atoms with Gasteiger partial charge in [0.15, 0.2) is 0 Å². The van der Waals surface area contributed by atoms with Crippen LogP contribution in [0.4, 0.5) is 9.18 Å². The zero-order chi connectivity index (χ0) is 20.8. The van der Waals surface area contributed by atoms with E-state index < -0.39 is 5.91 Å². The monoisotopic (exact) mass is 412 g/mol. The van der Waals surface area contributed by atoms with Gasteiger partial charge in [0.05, 0.1) is 10.8 Å². The molecule has 2 aromatic rings. The molecule has 1 aliphatic heterocycles. The average molecular weight is 412 g/mol. The summed E-state index contributed by atoms with van der Waals surface area (Å²) in [5, 5.41) is 2.43. The summed E-state index contributed by atoms with van der Waals surface area (Å²) in [7, 11) is 0. The molecule has 1 N–H and O–H groups in total. The quantitative estimate of drug-likeness (QED) is 0.693. The highest BCUT2D eigenvalue weighted by Gasteiger charge is 2.34. The van der Waals surface area contributed by atoms with Crippen LogP contribution < -0.4 is 5.32 Å². The van der Waals surface area contributed by atoms with E-state index in [4.69, 9.17) is 0 Å². The smallest absolute Gasteiger partial charge is 0.293 e. The molecule has 0 unspecified atom stereocenters. The summed E-state index contributed by atoms with van der Waals surface area (Å²) >= 11 is 0.839. The molecular formula is C22H21FN2O3S. The molecule has 1 fully saturated rings. The van der Waals surface area contributed by atoms with Gasteiger partial charge in [0, 0.05) is 13.1 Å². The maximum Gasteiger partial charge on any atom is 0.293 e. The van der Waals surface area contributed by atoms with Crippen LogP contribution in [-0.4, -0.2) is 35.0 Å². The lowest BCUT2D eigenvalue weighted by Gasteiger charge is -2.17. The fourth-order valence-electron chi connectivity index (χ4n) is 3.08. The Kier molecular flexibility index (Phi) is 6.82. The highest BCUT2D eigenvalue weighted by Crippen LogP contribution is 2.32. The molecule has 2 aromatic carbocycles. The normalized spacial score (nSPS) is 16.3. The van der Waals surface area contributed by atoms with Crippen LogP contribution in [0, 0.1) is 5.82 Å². The molecule has 1 saturated heterocycles. The second-order valence-electron chi connectivity index (χ2n) is 6.55. The zero-order valence-corrected chi connectivity index (χ0v) is 16.7. The summed E-state index contributed by atoms with van der Waals surface area (Å²) in [5.74, 6) is -1.18. The standard InChI is InChI=1S/C22H21FN2O3S/c1-2-18(16-6-4-3-5-7-16)20(26)24-12-13-25-21(27)19(29-22(25)28)14-15-8-10-17(23)11-9-15/h3-11,14,18H,2,12-13H2,1H3,(H,24,26)/b19-14-/t18-/m0/s1. The first-order valence-corrected chi connectivity index (χ1v) is 10.1. The number of hydrogen-bond acceptors (Lipinski definition) is 4. The van der Waals surface area contributed by atoms with Gasteiger partial charge in [-0.2, -0.15) is 0 Å². The largest absolute Gasteiger partial charge is 0.354 e. The van der Waals surface area contributed by atoms with Crippen LogP contribution >= 0.6 is 11.8 Å². The predicted octanol–water partition coefficient (Wildman–Crippen LogP) is 4.17. The Morgan fingerprint density at radius 3 is 2.48 bits per heavy atom. The molecule has 150 valence electrons. The zero-order valence-electron chi connectivity index (χ0n) is 15.9. The van der Waals surface area contributed by atoms with E-state index in [9.17, 15) is 18.8 Å². The lowest BCUT2D eigenvalue weighted by atomic mass is 9.96. The van der Waals surface area contributed by atoms with E-state index in [2.05, 4.69) is 5.32 Å². The Morgan fingerprint density at radius 1 is 1.14 bits per heavy atom. The van der Waals surface area contributed by atoms with Gasteiger partial charge in [0.25, 0.3) is 11.1 Å². The van der Waals surface area contributed by atoms with E-state index in [1.54, 1.807) is 6.08 Å². The maximum absolute atomic E-state index is 13.0. The van der Waals surface area contributed by atoms with E-state index in [0.29, 0.717) is 12.0 Å². The third kappa shape index (κ3) is 5.12. The van der Waals surface area contributed by atoms with Crippen molar-refractivity contribution >= 4 is 34.9 Å². The minimum Gasteiger partial charge on any atom is -0.354 e. The Balaban J connectivity index is 1.58. The second-order valence-corrected chi connectivity index (χ2v) is 7.54. The Morgan fingerprint density at radius 2 is 1.83 bits per heavy atom. The number of benzene rings is 2. The number of hydrogen-bond donors (Lipinski definition) is 1. The number of amides is 3. The summed E-state index contributed by atoms with van der Waals surface area (Å²) in [6, 6.07) is 15.2. The SMILES string of the molecule is CC[C@H](C(=O)NCCN1C(=O)S/C(=C\c2ccc(F)cc2)C1=O)c1ccccc1. The lowest BCUT2D eigenvalue weighted by molar-refractivity contribution is -0.125. The number of carbonyl (C=O) groups excluding carboxylic acids is 3. The molecule has 0 aliphatic carbocycles. The van der Waals surface area contributed by atoms with Gasteiger partial charge in [-0.25, -0.2) is 4.39 Å². The molecule has 0 aromatic heterocycles. The number of imide groups is 1. The van der Waals surface area contributed by atoms with Gasteiger partial charge in [-0.1, -0.05) is 49.4 Å². The molecule has 0 spiro atoms. The fourth-order valence-corrected chi connectivity index (χ4v) is 3.94. The third-order valence-electron chi connectivity index (χ3n) is 4.60. The molecule has 3 rings (SSSR count). The number of thioether (sulfide) groups is 1. The maximum atomic E-state index is 13.0. The highest BCUT2D eigenvalue weighted by molar-refractivity contribution is 8.18. The van der Waals surface area contributed by atoms with Gasteiger partial charge in [-0.3, -0.25) is 19.3 Å². The number of carbonyl (C=O) groups is 3. The van der Waals surface area contributed by atoms with Gasteiger partial charge in [-0.05, 0) is 47.5 Å². The van der Waals surface area contributed by atoms with Gasteiger partial charge in [-0.15, -0.1) is 0 Å². The Bertz CT molecular complexity index is 929. The van der Waals surface area contributed by atoms with E-state index in [-0.39, 0.29) is 40.9 Å². The summed E-state index contributed by atoms with van der Waals surface area (Å²) in [6.45, 7) is 2.22. The molecule has 29 heavy (non-hydrogen) atoms. The fraction of sp³-hybridized carbons (Fsp3) is 0.227. The van der Waals surface area contributed by atoms with E-state index >= 15 is 0 Å². The van der Waals surface area contributed by atoms with Crippen molar-refractivity contribution in [1.29, 1.82) is 0 Å². The van der Waals surface area contributed by atoms with Crippen LogP contribution in [-0.2, 0) is 9.59 Å². The van der Waals surface area contributed by atoms with Crippen molar-refractivity contribution in [3.8, 4) is 0 Å². The third-order valence-corrected chi connectivity index (χ3v) is 5.51. The number of nitrogens with one attached hydrogen (secondary N) is 1. The molecule has 5 nitrogen and oxygen atoms in total. The van der Waals surface area contributed by atoms with E-state index in [1.807, 2.05) is 37.3 Å². The van der Waals surface area contributed by atoms with Crippen LogP contribution in [0.15, 0.2) is 59.5 Å². The van der Waals surface area contributed by atoms with E-state index in [1.165, 1.54) is 24.3 Å². The van der Waals surface area contributed by atoms with E-state index in [0.717, 1.165) is 22.2 Å². The first-order valence-electron chi connectivity index (χ1n) is 9.33. The van der Waals surface area contributed by atoms with Crippen molar-refractivity contribution < 1.29 is 18.8 Å². The second kappa shape index (κ2) is 9.52. The molecular weight excluding hydrogens is 391 g/mol. The molecule has 0 radical (unpaired) electrons. The van der Waals surface area contributed by atoms with Crippen molar-refractivity contribution in [3.63, 3.8) is 0 Å². The number of halogens is 1. The van der Waals surface area contributed by atoms with Crippen molar-refractivity contribution in [3.05, 3.63) is 76.4 Å².